The van der Waals surface area contributed by atoms with Gasteiger partial charge in [-0.3, -0.25) is 9.59 Å². The van der Waals surface area contributed by atoms with Crippen molar-refractivity contribution in [2.75, 3.05) is 5.75 Å². The number of ketones is 1. The molecule has 1 aromatic heterocycles. The second-order valence-corrected chi connectivity index (χ2v) is 7.96. The second-order valence-electron chi connectivity index (χ2n) is 6.82. The van der Waals surface area contributed by atoms with Crippen LogP contribution >= 0.6 is 11.8 Å². The van der Waals surface area contributed by atoms with Crippen molar-refractivity contribution in [3.63, 3.8) is 0 Å². The predicted octanol–water partition coefficient (Wildman–Crippen LogP) is 4.03. The Morgan fingerprint density at radius 1 is 1.07 bits per heavy atom. The van der Waals surface area contributed by atoms with Crippen molar-refractivity contribution in [1.29, 1.82) is 0 Å². The van der Waals surface area contributed by atoms with E-state index in [1.165, 1.54) is 0 Å². The zero-order valence-corrected chi connectivity index (χ0v) is 16.6. The topological polar surface area (TPSA) is 64.0 Å². The number of carbonyl (C=O) groups excluding carboxylic acids is 2. The quantitative estimate of drug-likeness (QED) is 0.539. The fraction of sp³-hybridized carbons (Fsp3) is 0.227. The van der Waals surface area contributed by atoms with Crippen molar-refractivity contribution in [3.8, 4) is 5.69 Å². The van der Waals surface area contributed by atoms with Gasteiger partial charge in [0.05, 0.1) is 28.7 Å². The summed E-state index contributed by atoms with van der Waals surface area (Å²) < 4.78 is 1.71. The lowest BCUT2D eigenvalue weighted by molar-refractivity contribution is -0.117. The van der Waals surface area contributed by atoms with Crippen LogP contribution in [0, 0.1) is 13.8 Å². The van der Waals surface area contributed by atoms with Gasteiger partial charge < -0.3 is 5.32 Å². The molecule has 1 aliphatic rings. The Morgan fingerprint density at radius 2 is 1.79 bits per heavy atom. The van der Waals surface area contributed by atoms with Crippen molar-refractivity contribution < 1.29 is 9.59 Å². The number of para-hydroxylation sites is 1. The molecule has 0 saturated carbocycles. The molecule has 2 heterocycles. The van der Waals surface area contributed by atoms with E-state index in [9.17, 15) is 9.59 Å². The van der Waals surface area contributed by atoms with Gasteiger partial charge in [-0.05, 0) is 44.0 Å². The van der Waals surface area contributed by atoms with Crippen LogP contribution in [0.4, 0.5) is 0 Å². The third-order valence-corrected chi connectivity index (χ3v) is 6.11. The molecule has 0 saturated heterocycles. The number of nitrogens with zero attached hydrogens (tertiary/aromatic N) is 2. The standard InChI is InChI=1S/C22H21N3O2S/c1-14-20(15(2)25(24-14)16-8-4-3-5-9-16)21(26)22(27)23-18-12-13-28-19-11-7-6-10-17(18)19/h3-11,18H,12-13H2,1-2H3,(H,23,27). The number of benzene rings is 2. The third-order valence-electron chi connectivity index (χ3n) is 4.99. The highest BCUT2D eigenvalue weighted by Gasteiger charge is 2.29. The number of carbonyl (C=O) groups is 2. The van der Waals surface area contributed by atoms with Crippen LogP contribution in [-0.4, -0.2) is 27.2 Å². The summed E-state index contributed by atoms with van der Waals surface area (Å²) >= 11 is 1.78. The lowest BCUT2D eigenvalue weighted by atomic mass is 10.0. The van der Waals surface area contributed by atoms with E-state index in [4.69, 9.17) is 0 Å². The molecule has 6 heteroatoms. The summed E-state index contributed by atoms with van der Waals surface area (Å²) in [6.45, 7) is 3.58. The van der Waals surface area contributed by atoms with E-state index < -0.39 is 11.7 Å². The third kappa shape index (κ3) is 3.36. The van der Waals surface area contributed by atoms with Crippen LogP contribution in [-0.2, 0) is 4.79 Å². The van der Waals surface area contributed by atoms with Gasteiger partial charge in [0.15, 0.2) is 0 Å². The first-order valence-electron chi connectivity index (χ1n) is 9.25. The molecule has 3 aromatic rings. The zero-order chi connectivity index (χ0) is 19.7. The van der Waals surface area contributed by atoms with Gasteiger partial charge in [-0.2, -0.15) is 5.10 Å². The fourth-order valence-corrected chi connectivity index (χ4v) is 4.75. The van der Waals surface area contributed by atoms with Crippen LogP contribution in [0.1, 0.15) is 39.8 Å². The molecule has 1 unspecified atom stereocenters. The van der Waals surface area contributed by atoms with Gasteiger partial charge in [0, 0.05) is 10.6 Å². The summed E-state index contributed by atoms with van der Waals surface area (Å²) in [5.74, 6) is -0.196. The number of hydrogen-bond acceptors (Lipinski definition) is 4. The van der Waals surface area contributed by atoms with Gasteiger partial charge in [0.2, 0.25) is 0 Å². The Bertz CT molecular complexity index is 1040. The zero-order valence-electron chi connectivity index (χ0n) is 15.8. The summed E-state index contributed by atoms with van der Waals surface area (Å²) in [5, 5.41) is 7.42. The minimum Gasteiger partial charge on any atom is -0.342 e. The van der Waals surface area contributed by atoms with Crippen molar-refractivity contribution in [2.24, 2.45) is 0 Å². The van der Waals surface area contributed by atoms with E-state index >= 15 is 0 Å². The Labute approximate surface area is 168 Å². The molecule has 28 heavy (non-hydrogen) atoms. The van der Waals surface area contributed by atoms with Gasteiger partial charge in [0.25, 0.3) is 11.7 Å². The van der Waals surface area contributed by atoms with Gasteiger partial charge in [-0.25, -0.2) is 4.68 Å². The molecule has 0 bridgehead atoms. The number of fused-ring (bicyclic) bond motifs is 1. The van der Waals surface area contributed by atoms with Crippen LogP contribution in [0.5, 0.6) is 0 Å². The number of aryl methyl sites for hydroxylation is 1. The first-order valence-corrected chi connectivity index (χ1v) is 10.2. The van der Waals surface area contributed by atoms with E-state index in [0.717, 1.165) is 28.3 Å². The number of nitrogens with one attached hydrogen (secondary N) is 1. The molecule has 5 nitrogen and oxygen atoms in total. The average Bonchev–Trinajstić information content (AvgIpc) is 3.02. The molecule has 1 N–H and O–H groups in total. The molecule has 1 amide bonds. The minimum atomic E-state index is -0.578. The maximum Gasteiger partial charge on any atom is 0.293 e. The van der Waals surface area contributed by atoms with Crippen molar-refractivity contribution >= 4 is 23.5 Å². The first kappa shape index (κ1) is 18.5. The van der Waals surface area contributed by atoms with Crippen LogP contribution in [0.25, 0.3) is 5.69 Å². The van der Waals surface area contributed by atoms with Gasteiger partial charge in [-0.15, -0.1) is 11.8 Å². The predicted molar refractivity (Wildman–Crippen MR) is 110 cm³/mol. The minimum absolute atomic E-state index is 0.140. The van der Waals surface area contributed by atoms with Gasteiger partial charge >= 0.3 is 0 Å². The molecule has 1 atom stereocenters. The number of hydrogen-bond donors (Lipinski definition) is 1. The van der Waals surface area contributed by atoms with Crippen LogP contribution in [0.15, 0.2) is 59.5 Å². The smallest absolute Gasteiger partial charge is 0.293 e. The van der Waals surface area contributed by atoms with Gasteiger partial charge in [0.1, 0.15) is 0 Å². The fourth-order valence-electron chi connectivity index (χ4n) is 3.62. The van der Waals surface area contributed by atoms with Crippen molar-refractivity contribution in [2.45, 2.75) is 31.2 Å². The average molecular weight is 391 g/mol. The van der Waals surface area contributed by atoms with E-state index in [-0.39, 0.29) is 6.04 Å². The summed E-state index contributed by atoms with van der Waals surface area (Å²) in [4.78, 5) is 26.9. The highest BCUT2D eigenvalue weighted by atomic mass is 32.2. The first-order chi connectivity index (χ1) is 13.6. The molecule has 0 spiro atoms. The summed E-state index contributed by atoms with van der Waals surface area (Å²) in [6.07, 6.45) is 0.807. The molecule has 0 aliphatic carbocycles. The Morgan fingerprint density at radius 3 is 2.57 bits per heavy atom. The van der Waals surface area contributed by atoms with Crippen LogP contribution < -0.4 is 5.32 Å². The molecular weight excluding hydrogens is 370 g/mol. The molecular formula is C22H21N3O2S. The van der Waals surface area contributed by atoms with Crippen LogP contribution in [0.2, 0.25) is 0 Å². The van der Waals surface area contributed by atoms with E-state index in [1.807, 2.05) is 55.5 Å². The second kappa shape index (κ2) is 7.64. The maximum atomic E-state index is 12.9. The molecule has 4 rings (SSSR count). The van der Waals surface area contributed by atoms with Crippen LogP contribution in [0.3, 0.4) is 0 Å². The summed E-state index contributed by atoms with van der Waals surface area (Å²) in [7, 11) is 0. The Hall–Kier alpha value is -2.86. The molecule has 2 aromatic carbocycles. The van der Waals surface area contributed by atoms with Crippen molar-refractivity contribution in [3.05, 3.63) is 77.1 Å². The van der Waals surface area contributed by atoms with E-state index in [0.29, 0.717) is 17.0 Å². The highest BCUT2D eigenvalue weighted by Crippen LogP contribution is 2.35. The van der Waals surface area contributed by atoms with E-state index in [1.54, 1.807) is 23.4 Å². The molecule has 0 fully saturated rings. The molecule has 1 aliphatic heterocycles. The largest absolute Gasteiger partial charge is 0.342 e. The SMILES string of the molecule is Cc1nn(-c2ccccc2)c(C)c1C(=O)C(=O)NC1CCSc2ccccc21. The molecule has 0 radical (unpaired) electrons. The van der Waals surface area contributed by atoms with Gasteiger partial charge in [-0.1, -0.05) is 36.4 Å². The monoisotopic (exact) mass is 391 g/mol. The summed E-state index contributed by atoms with van der Waals surface area (Å²) in [5.41, 5.74) is 3.54. The lowest BCUT2D eigenvalue weighted by Gasteiger charge is -2.25. The summed E-state index contributed by atoms with van der Waals surface area (Å²) in [6, 6.07) is 17.5. The normalized spacial score (nSPS) is 15.7. The highest BCUT2D eigenvalue weighted by molar-refractivity contribution is 7.99. The van der Waals surface area contributed by atoms with Crippen molar-refractivity contribution in [1.82, 2.24) is 15.1 Å². The number of amides is 1. The molecule has 142 valence electrons. The maximum absolute atomic E-state index is 12.9. The number of Topliss-reactive ketones (excluding diaryl/α,β-unsaturated/α-hetero) is 1. The number of aromatic nitrogens is 2. The lowest BCUT2D eigenvalue weighted by Crippen LogP contribution is -2.36. The van der Waals surface area contributed by atoms with E-state index in [2.05, 4.69) is 16.5 Å². The Kier molecular flexibility index (Phi) is 5.05. The number of thioether (sulfide) groups is 1. The number of rotatable bonds is 4. The Balaban J connectivity index is 1.59.